The smallest absolute Gasteiger partial charge is 0.339 e. The molecule has 25 heavy (non-hydrogen) atoms. The van der Waals surface area contributed by atoms with Gasteiger partial charge >= 0.3 is 5.97 Å². The molecule has 134 valence electrons. The lowest BCUT2D eigenvalue weighted by Crippen LogP contribution is -2.36. The van der Waals surface area contributed by atoms with E-state index < -0.39 is 17.8 Å². The number of carboxylic acid groups (broad SMARTS) is 1. The zero-order valence-corrected chi connectivity index (χ0v) is 14.6. The van der Waals surface area contributed by atoms with Gasteiger partial charge in [0.15, 0.2) is 5.69 Å². The van der Waals surface area contributed by atoms with Crippen molar-refractivity contribution in [3.63, 3.8) is 0 Å². The summed E-state index contributed by atoms with van der Waals surface area (Å²) in [6.45, 7) is 1.95. The Labute approximate surface area is 147 Å². The third kappa shape index (κ3) is 3.79. The molecular formula is C14H17ClN6O4. The van der Waals surface area contributed by atoms with Crippen molar-refractivity contribution in [2.75, 3.05) is 13.1 Å². The molecule has 3 N–H and O–H groups in total. The van der Waals surface area contributed by atoms with Gasteiger partial charge in [-0.25, -0.2) is 4.79 Å². The molecule has 0 saturated heterocycles. The Morgan fingerprint density at radius 3 is 2.28 bits per heavy atom. The SMILES string of the molecule is Cc1c(Cl)c(C(=O)NCCNC(=O)c2c(C(=O)O)cnn2C)nn1C. The van der Waals surface area contributed by atoms with E-state index in [9.17, 15) is 14.4 Å². The molecule has 0 aliphatic rings. The number of carbonyl (C=O) groups excluding carboxylic acids is 2. The summed E-state index contributed by atoms with van der Waals surface area (Å²) in [6, 6.07) is 0. The minimum atomic E-state index is -1.24. The molecule has 2 aromatic heterocycles. The summed E-state index contributed by atoms with van der Waals surface area (Å²) in [5.74, 6) is -2.31. The monoisotopic (exact) mass is 368 g/mol. The summed E-state index contributed by atoms with van der Waals surface area (Å²) < 4.78 is 2.67. The molecule has 0 spiro atoms. The number of carbonyl (C=O) groups is 3. The second kappa shape index (κ2) is 7.34. The highest BCUT2D eigenvalue weighted by molar-refractivity contribution is 6.34. The number of carboxylic acids is 1. The Balaban J connectivity index is 1.90. The van der Waals surface area contributed by atoms with Gasteiger partial charge in [0.05, 0.1) is 16.9 Å². The lowest BCUT2D eigenvalue weighted by atomic mass is 10.2. The van der Waals surface area contributed by atoms with Crippen molar-refractivity contribution < 1.29 is 19.5 Å². The standard InChI is InChI=1S/C14H17ClN6O4/c1-7-9(15)10(19-20(7)2)12(22)16-4-5-17-13(23)11-8(14(24)25)6-18-21(11)3/h6H,4-5H2,1-3H3,(H,16,22)(H,17,23)(H,24,25). The van der Waals surface area contributed by atoms with E-state index in [-0.39, 0.29) is 35.1 Å². The quantitative estimate of drug-likeness (QED) is 0.614. The normalized spacial score (nSPS) is 10.6. The van der Waals surface area contributed by atoms with E-state index in [0.717, 1.165) is 6.20 Å². The minimum absolute atomic E-state index is 0.0674. The van der Waals surface area contributed by atoms with E-state index in [1.807, 2.05) is 0 Å². The summed E-state index contributed by atoms with van der Waals surface area (Å²) in [4.78, 5) is 35.2. The maximum Gasteiger partial charge on any atom is 0.339 e. The maximum absolute atomic E-state index is 12.1. The largest absolute Gasteiger partial charge is 0.478 e. The van der Waals surface area contributed by atoms with Gasteiger partial charge in [-0.2, -0.15) is 10.2 Å². The first kappa shape index (κ1) is 18.5. The van der Waals surface area contributed by atoms with Gasteiger partial charge in [0.1, 0.15) is 11.3 Å². The number of aromatic nitrogens is 4. The number of hydrogen-bond acceptors (Lipinski definition) is 5. The number of amides is 2. The molecular weight excluding hydrogens is 352 g/mol. The van der Waals surface area contributed by atoms with Crippen LogP contribution in [0.2, 0.25) is 5.02 Å². The Bertz CT molecular complexity index is 841. The van der Waals surface area contributed by atoms with Crippen LogP contribution in [0.1, 0.15) is 37.0 Å². The first-order chi connectivity index (χ1) is 11.7. The van der Waals surface area contributed by atoms with Crippen LogP contribution in [0.5, 0.6) is 0 Å². The third-order valence-corrected chi connectivity index (χ3v) is 4.01. The predicted molar refractivity (Wildman–Crippen MR) is 87.8 cm³/mol. The number of hydrogen-bond donors (Lipinski definition) is 3. The molecule has 2 aromatic rings. The molecule has 11 heteroatoms. The molecule has 0 bridgehead atoms. The van der Waals surface area contributed by atoms with Gasteiger partial charge in [-0.15, -0.1) is 0 Å². The van der Waals surface area contributed by atoms with Crippen LogP contribution in [0.15, 0.2) is 6.20 Å². The Morgan fingerprint density at radius 2 is 1.76 bits per heavy atom. The zero-order valence-electron chi connectivity index (χ0n) is 13.8. The Morgan fingerprint density at radius 1 is 1.16 bits per heavy atom. The van der Waals surface area contributed by atoms with Crippen molar-refractivity contribution in [1.82, 2.24) is 30.2 Å². The highest BCUT2D eigenvalue weighted by Gasteiger charge is 2.21. The van der Waals surface area contributed by atoms with Crippen molar-refractivity contribution in [1.29, 1.82) is 0 Å². The molecule has 0 atom stereocenters. The molecule has 10 nitrogen and oxygen atoms in total. The van der Waals surface area contributed by atoms with E-state index >= 15 is 0 Å². The molecule has 0 radical (unpaired) electrons. The van der Waals surface area contributed by atoms with Crippen molar-refractivity contribution in [3.05, 3.63) is 33.9 Å². The van der Waals surface area contributed by atoms with Gasteiger partial charge < -0.3 is 15.7 Å². The predicted octanol–water partition coefficient (Wildman–Crippen LogP) is -0.0266. The molecule has 2 heterocycles. The first-order valence-corrected chi connectivity index (χ1v) is 7.62. The van der Waals surface area contributed by atoms with Gasteiger partial charge in [0, 0.05) is 27.2 Å². The summed E-state index contributed by atoms with van der Waals surface area (Å²) in [7, 11) is 3.14. The van der Waals surface area contributed by atoms with Crippen LogP contribution < -0.4 is 10.6 Å². The summed E-state index contributed by atoms with van der Waals surface area (Å²) in [5.41, 5.74) is 0.507. The lowest BCUT2D eigenvalue weighted by molar-refractivity contribution is 0.0690. The van der Waals surface area contributed by atoms with Crippen LogP contribution in [0.4, 0.5) is 0 Å². The van der Waals surface area contributed by atoms with Crippen LogP contribution >= 0.6 is 11.6 Å². The van der Waals surface area contributed by atoms with Crippen LogP contribution in [0.25, 0.3) is 0 Å². The van der Waals surface area contributed by atoms with Crippen LogP contribution in [0, 0.1) is 6.92 Å². The zero-order chi connectivity index (χ0) is 18.7. The minimum Gasteiger partial charge on any atom is -0.478 e. The van der Waals surface area contributed by atoms with E-state index in [4.69, 9.17) is 16.7 Å². The van der Waals surface area contributed by atoms with E-state index in [0.29, 0.717) is 5.69 Å². The van der Waals surface area contributed by atoms with Crippen LogP contribution in [-0.4, -0.2) is 55.5 Å². The highest BCUT2D eigenvalue weighted by atomic mass is 35.5. The molecule has 0 unspecified atom stereocenters. The number of halogens is 1. The maximum atomic E-state index is 12.1. The first-order valence-electron chi connectivity index (χ1n) is 7.24. The van der Waals surface area contributed by atoms with Crippen molar-refractivity contribution in [2.24, 2.45) is 14.1 Å². The van der Waals surface area contributed by atoms with Gasteiger partial charge in [-0.3, -0.25) is 19.0 Å². The highest BCUT2D eigenvalue weighted by Crippen LogP contribution is 2.18. The fourth-order valence-electron chi connectivity index (χ4n) is 2.11. The Kier molecular flexibility index (Phi) is 5.42. The number of nitrogens with zero attached hydrogens (tertiary/aromatic N) is 4. The van der Waals surface area contributed by atoms with Crippen molar-refractivity contribution in [3.8, 4) is 0 Å². The van der Waals surface area contributed by atoms with Gasteiger partial charge in [-0.05, 0) is 6.92 Å². The van der Waals surface area contributed by atoms with E-state index in [1.54, 1.807) is 14.0 Å². The van der Waals surface area contributed by atoms with Crippen molar-refractivity contribution in [2.45, 2.75) is 6.92 Å². The van der Waals surface area contributed by atoms with Crippen LogP contribution in [-0.2, 0) is 14.1 Å². The average molecular weight is 369 g/mol. The number of nitrogens with one attached hydrogen (secondary N) is 2. The van der Waals surface area contributed by atoms with Gasteiger partial charge in [-0.1, -0.05) is 11.6 Å². The fourth-order valence-corrected chi connectivity index (χ4v) is 2.36. The van der Waals surface area contributed by atoms with Gasteiger partial charge in [0.2, 0.25) is 0 Å². The lowest BCUT2D eigenvalue weighted by Gasteiger charge is -2.07. The molecule has 0 aromatic carbocycles. The Hall–Kier alpha value is -2.88. The summed E-state index contributed by atoms with van der Waals surface area (Å²) in [6.07, 6.45) is 1.10. The molecule has 0 aliphatic carbocycles. The molecule has 0 aliphatic heterocycles. The van der Waals surface area contributed by atoms with Crippen molar-refractivity contribution >= 4 is 29.4 Å². The third-order valence-electron chi connectivity index (χ3n) is 3.56. The summed E-state index contributed by atoms with van der Waals surface area (Å²) >= 11 is 6.02. The second-order valence-electron chi connectivity index (χ2n) is 5.22. The number of rotatable bonds is 6. The molecule has 2 amide bonds. The molecule has 0 saturated carbocycles. The number of aromatic carboxylic acids is 1. The second-order valence-corrected chi connectivity index (χ2v) is 5.60. The molecule has 0 fully saturated rings. The van der Waals surface area contributed by atoms with Gasteiger partial charge in [0.25, 0.3) is 11.8 Å². The van der Waals surface area contributed by atoms with E-state index in [2.05, 4.69) is 20.8 Å². The number of aryl methyl sites for hydroxylation is 2. The average Bonchev–Trinajstić information content (AvgIpc) is 3.06. The van der Waals surface area contributed by atoms with E-state index in [1.165, 1.54) is 16.4 Å². The summed E-state index contributed by atoms with van der Waals surface area (Å²) in [5, 5.41) is 22.2. The fraction of sp³-hybridized carbons (Fsp3) is 0.357. The topological polar surface area (TPSA) is 131 Å². The molecule has 2 rings (SSSR count). The van der Waals surface area contributed by atoms with Crippen LogP contribution in [0.3, 0.4) is 0 Å².